The summed E-state index contributed by atoms with van der Waals surface area (Å²) in [6, 6.07) is 12.7. The second-order valence-corrected chi connectivity index (χ2v) is 7.77. The number of anilines is 2. The van der Waals surface area contributed by atoms with Gasteiger partial charge in [0.1, 0.15) is 18.0 Å². The molecular formula is C22H30N4O2. The van der Waals surface area contributed by atoms with Crippen LogP contribution in [0.15, 0.2) is 42.7 Å². The quantitative estimate of drug-likeness (QED) is 0.798. The molecule has 2 N–H and O–H groups in total. The van der Waals surface area contributed by atoms with Gasteiger partial charge in [0.05, 0.1) is 18.8 Å². The number of nitrogens with one attached hydrogen (secondary N) is 1. The highest BCUT2D eigenvalue weighted by atomic mass is 16.5. The van der Waals surface area contributed by atoms with Gasteiger partial charge in [-0.1, -0.05) is 30.3 Å². The molecule has 0 spiro atoms. The van der Waals surface area contributed by atoms with Crippen molar-refractivity contribution in [2.45, 2.75) is 44.2 Å². The maximum atomic E-state index is 9.69. The highest BCUT2D eigenvalue weighted by molar-refractivity contribution is 5.49. The molecule has 3 atom stereocenters. The zero-order valence-corrected chi connectivity index (χ0v) is 16.3. The van der Waals surface area contributed by atoms with Crippen molar-refractivity contribution in [1.29, 1.82) is 0 Å². The van der Waals surface area contributed by atoms with E-state index in [9.17, 15) is 5.11 Å². The smallest absolute Gasteiger partial charge is 0.134 e. The maximum Gasteiger partial charge on any atom is 0.134 e. The van der Waals surface area contributed by atoms with Crippen LogP contribution in [0.4, 0.5) is 11.6 Å². The van der Waals surface area contributed by atoms with E-state index in [2.05, 4.69) is 44.5 Å². The Labute approximate surface area is 167 Å². The first-order chi connectivity index (χ1) is 13.8. The maximum absolute atomic E-state index is 9.69. The van der Waals surface area contributed by atoms with Gasteiger partial charge in [-0.15, -0.1) is 0 Å². The Hall–Kier alpha value is -2.18. The van der Waals surface area contributed by atoms with Gasteiger partial charge in [0.2, 0.25) is 0 Å². The summed E-state index contributed by atoms with van der Waals surface area (Å²) in [7, 11) is 0. The van der Waals surface area contributed by atoms with Gasteiger partial charge in [0, 0.05) is 31.7 Å². The van der Waals surface area contributed by atoms with Crippen LogP contribution in [0.25, 0.3) is 0 Å². The zero-order valence-electron chi connectivity index (χ0n) is 16.3. The molecule has 2 aromatic rings. The Morgan fingerprint density at radius 1 is 1.11 bits per heavy atom. The minimum absolute atomic E-state index is 0.129. The molecule has 2 fully saturated rings. The fourth-order valence-electron chi connectivity index (χ4n) is 4.39. The van der Waals surface area contributed by atoms with Crippen molar-refractivity contribution in [3.8, 4) is 0 Å². The molecule has 0 saturated carbocycles. The molecule has 4 rings (SSSR count). The molecule has 0 aliphatic carbocycles. The van der Waals surface area contributed by atoms with Gasteiger partial charge < -0.3 is 20.1 Å². The van der Waals surface area contributed by atoms with Crippen molar-refractivity contribution < 1.29 is 9.84 Å². The monoisotopic (exact) mass is 382 g/mol. The SMILES string of the molecule is OCC1CCCCN1c1cc(NCC2CCCOC2c2ccccc2)ncn1. The van der Waals surface area contributed by atoms with Crippen molar-refractivity contribution >= 4 is 11.6 Å². The lowest BCUT2D eigenvalue weighted by molar-refractivity contribution is -0.0238. The number of hydrogen-bond donors (Lipinski definition) is 2. The van der Waals surface area contributed by atoms with Crippen LogP contribution in [0.3, 0.4) is 0 Å². The van der Waals surface area contributed by atoms with E-state index in [1.54, 1.807) is 6.33 Å². The van der Waals surface area contributed by atoms with E-state index in [1.807, 2.05) is 12.1 Å². The van der Waals surface area contributed by atoms with Crippen LogP contribution in [0.5, 0.6) is 0 Å². The molecule has 0 radical (unpaired) electrons. The molecular weight excluding hydrogens is 352 g/mol. The van der Waals surface area contributed by atoms with Crippen LogP contribution in [0.1, 0.15) is 43.8 Å². The summed E-state index contributed by atoms with van der Waals surface area (Å²) in [5.41, 5.74) is 1.25. The molecule has 6 nitrogen and oxygen atoms in total. The predicted molar refractivity (Wildman–Crippen MR) is 110 cm³/mol. The van der Waals surface area contributed by atoms with Crippen LogP contribution in [0, 0.1) is 5.92 Å². The minimum atomic E-state index is 0.129. The Balaban J connectivity index is 1.43. The van der Waals surface area contributed by atoms with Gasteiger partial charge in [-0.3, -0.25) is 0 Å². The molecule has 6 heteroatoms. The van der Waals surface area contributed by atoms with E-state index in [1.165, 1.54) is 12.0 Å². The summed E-state index contributed by atoms with van der Waals surface area (Å²) in [5, 5.41) is 13.2. The van der Waals surface area contributed by atoms with Crippen molar-refractivity contribution in [3.63, 3.8) is 0 Å². The lowest BCUT2D eigenvalue weighted by Gasteiger charge is -2.35. The van der Waals surface area contributed by atoms with E-state index in [-0.39, 0.29) is 18.8 Å². The third-order valence-electron chi connectivity index (χ3n) is 5.90. The highest BCUT2D eigenvalue weighted by Gasteiger charge is 2.27. The standard InChI is InChI=1S/C22H30N4O2/c27-15-19-10-4-5-11-26(19)21-13-20(24-16-25-21)23-14-18-9-6-12-28-22(18)17-7-2-1-3-8-17/h1-3,7-8,13,16,18-19,22,27H,4-6,9-12,14-15H2,(H,23,24,25). The number of ether oxygens (including phenoxy) is 1. The van der Waals surface area contributed by atoms with E-state index in [0.29, 0.717) is 5.92 Å². The topological polar surface area (TPSA) is 70.5 Å². The average molecular weight is 383 g/mol. The number of rotatable bonds is 6. The fraction of sp³-hybridized carbons (Fsp3) is 0.545. The fourth-order valence-corrected chi connectivity index (χ4v) is 4.39. The normalized spacial score (nSPS) is 25.5. The molecule has 0 bridgehead atoms. The first kappa shape index (κ1) is 19.2. The molecule has 1 aromatic heterocycles. The van der Waals surface area contributed by atoms with Gasteiger partial charge in [-0.05, 0) is 37.7 Å². The molecule has 1 aromatic carbocycles. The van der Waals surface area contributed by atoms with E-state index < -0.39 is 0 Å². The number of piperidine rings is 1. The van der Waals surface area contributed by atoms with Gasteiger partial charge >= 0.3 is 0 Å². The molecule has 3 heterocycles. The second-order valence-electron chi connectivity index (χ2n) is 7.77. The number of hydrogen-bond acceptors (Lipinski definition) is 6. The van der Waals surface area contributed by atoms with Gasteiger partial charge in [0.15, 0.2) is 0 Å². The largest absolute Gasteiger partial charge is 0.394 e. The van der Waals surface area contributed by atoms with Crippen LogP contribution < -0.4 is 10.2 Å². The summed E-state index contributed by atoms with van der Waals surface area (Å²) < 4.78 is 6.10. The summed E-state index contributed by atoms with van der Waals surface area (Å²) in [5.74, 6) is 2.15. The average Bonchev–Trinajstić information content (AvgIpc) is 2.78. The number of aliphatic hydroxyl groups excluding tert-OH is 1. The van der Waals surface area contributed by atoms with Crippen LogP contribution in [-0.2, 0) is 4.74 Å². The van der Waals surface area contributed by atoms with E-state index >= 15 is 0 Å². The Kier molecular flexibility index (Phi) is 6.39. The third kappa shape index (κ3) is 4.45. The molecule has 150 valence electrons. The minimum Gasteiger partial charge on any atom is -0.394 e. The predicted octanol–water partition coefficient (Wildman–Crippen LogP) is 3.41. The van der Waals surface area contributed by atoms with Gasteiger partial charge in [-0.25, -0.2) is 9.97 Å². The van der Waals surface area contributed by atoms with Crippen molar-refractivity contribution in [1.82, 2.24) is 9.97 Å². The number of nitrogens with zero attached hydrogens (tertiary/aromatic N) is 3. The van der Waals surface area contributed by atoms with Crippen molar-refractivity contribution in [3.05, 3.63) is 48.3 Å². The molecule has 2 aliphatic rings. The number of aromatic nitrogens is 2. The lowest BCUT2D eigenvalue weighted by Crippen LogP contribution is -2.42. The molecule has 28 heavy (non-hydrogen) atoms. The lowest BCUT2D eigenvalue weighted by atomic mass is 9.89. The molecule has 2 aliphatic heterocycles. The number of aliphatic hydroxyl groups is 1. The first-order valence-corrected chi connectivity index (χ1v) is 10.4. The number of benzene rings is 1. The Morgan fingerprint density at radius 2 is 2.00 bits per heavy atom. The molecule has 2 saturated heterocycles. The summed E-state index contributed by atoms with van der Waals surface area (Å²) in [6.45, 7) is 2.75. The second kappa shape index (κ2) is 9.34. The molecule has 3 unspecified atom stereocenters. The van der Waals surface area contributed by atoms with Gasteiger partial charge in [-0.2, -0.15) is 0 Å². The molecule has 0 amide bonds. The highest BCUT2D eigenvalue weighted by Crippen LogP contribution is 2.33. The van der Waals surface area contributed by atoms with Crippen molar-refractivity contribution in [2.75, 3.05) is 36.5 Å². The first-order valence-electron chi connectivity index (χ1n) is 10.4. The Bertz CT molecular complexity index is 742. The summed E-state index contributed by atoms with van der Waals surface area (Å²) >= 11 is 0. The zero-order chi connectivity index (χ0) is 19.2. The summed E-state index contributed by atoms with van der Waals surface area (Å²) in [6.07, 6.45) is 7.31. The van der Waals surface area contributed by atoms with Crippen LogP contribution >= 0.6 is 0 Å². The van der Waals surface area contributed by atoms with E-state index in [0.717, 1.165) is 57.0 Å². The van der Waals surface area contributed by atoms with E-state index in [4.69, 9.17) is 4.74 Å². The Morgan fingerprint density at radius 3 is 2.86 bits per heavy atom. The van der Waals surface area contributed by atoms with Gasteiger partial charge in [0.25, 0.3) is 0 Å². The van der Waals surface area contributed by atoms with Crippen molar-refractivity contribution in [2.24, 2.45) is 5.92 Å². The third-order valence-corrected chi connectivity index (χ3v) is 5.90. The summed E-state index contributed by atoms with van der Waals surface area (Å²) in [4.78, 5) is 11.1. The van der Waals surface area contributed by atoms with Crippen LogP contribution in [0.2, 0.25) is 0 Å². The van der Waals surface area contributed by atoms with Crippen LogP contribution in [-0.4, -0.2) is 47.4 Å².